The zero-order valence-electron chi connectivity index (χ0n) is 12.9. The van der Waals surface area contributed by atoms with E-state index in [-0.39, 0.29) is 6.10 Å². The maximum absolute atomic E-state index is 11.5. The Morgan fingerprint density at radius 1 is 1.19 bits per heavy atom. The molecule has 1 aromatic rings. The van der Waals surface area contributed by atoms with E-state index < -0.39 is 5.97 Å². The van der Waals surface area contributed by atoms with Gasteiger partial charge in [-0.2, -0.15) is 0 Å². The van der Waals surface area contributed by atoms with Gasteiger partial charge in [0.25, 0.3) is 0 Å². The smallest absolute Gasteiger partial charge is 0.334 e. The lowest BCUT2D eigenvalue weighted by Gasteiger charge is -2.17. The van der Waals surface area contributed by atoms with Crippen LogP contribution in [-0.4, -0.2) is 33.9 Å². The molecule has 0 radical (unpaired) electrons. The van der Waals surface area contributed by atoms with Crippen LogP contribution in [0.4, 0.5) is 0 Å². The van der Waals surface area contributed by atoms with Crippen molar-refractivity contribution in [1.29, 1.82) is 0 Å². The lowest BCUT2D eigenvalue weighted by molar-refractivity contribution is -0.137. The Bertz CT molecular complexity index is 464. The van der Waals surface area contributed by atoms with Gasteiger partial charge in [-0.05, 0) is 24.6 Å². The molecule has 0 aliphatic rings. The van der Waals surface area contributed by atoms with Gasteiger partial charge in [0.05, 0.1) is 33.0 Å². The third-order valence-electron chi connectivity index (χ3n) is 2.99. The van der Waals surface area contributed by atoms with Crippen LogP contribution in [0.3, 0.4) is 0 Å². The van der Waals surface area contributed by atoms with Crippen LogP contribution in [0.5, 0.6) is 5.75 Å². The van der Waals surface area contributed by atoms with Gasteiger partial charge in [0.15, 0.2) is 0 Å². The Morgan fingerprint density at radius 3 is 2.33 bits per heavy atom. The van der Waals surface area contributed by atoms with E-state index >= 15 is 0 Å². The first kappa shape index (κ1) is 17.0. The number of ether oxygens (including phenoxy) is 4. The van der Waals surface area contributed by atoms with Gasteiger partial charge < -0.3 is 18.9 Å². The Kier molecular flexibility index (Phi) is 7.32. The van der Waals surface area contributed by atoms with Crippen LogP contribution in [0.15, 0.2) is 36.1 Å². The number of carbonyl (C=O) groups is 1. The summed E-state index contributed by atoms with van der Waals surface area (Å²) in [5, 5.41) is 0. The van der Waals surface area contributed by atoms with Crippen LogP contribution in [-0.2, 0) is 19.0 Å². The van der Waals surface area contributed by atoms with E-state index in [4.69, 9.17) is 18.9 Å². The second kappa shape index (κ2) is 9.02. The first-order valence-corrected chi connectivity index (χ1v) is 6.72. The van der Waals surface area contributed by atoms with Crippen molar-refractivity contribution >= 4 is 5.97 Å². The van der Waals surface area contributed by atoms with E-state index in [2.05, 4.69) is 0 Å². The Hall–Kier alpha value is -2.01. The molecule has 0 spiro atoms. The zero-order chi connectivity index (χ0) is 15.7. The topological polar surface area (TPSA) is 54.0 Å². The van der Waals surface area contributed by atoms with Crippen LogP contribution in [0.25, 0.3) is 0 Å². The molecule has 1 unspecified atom stereocenters. The predicted molar refractivity (Wildman–Crippen MR) is 79.1 cm³/mol. The average Bonchev–Trinajstić information content (AvgIpc) is 2.51. The summed E-state index contributed by atoms with van der Waals surface area (Å²) in [6.45, 7) is 2.09. The van der Waals surface area contributed by atoms with E-state index in [1.807, 2.05) is 24.3 Å². The van der Waals surface area contributed by atoms with Gasteiger partial charge in [-0.1, -0.05) is 12.1 Å². The summed E-state index contributed by atoms with van der Waals surface area (Å²) < 4.78 is 20.7. The van der Waals surface area contributed by atoms with E-state index in [1.165, 1.54) is 13.2 Å². The molecule has 5 heteroatoms. The summed E-state index contributed by atoms with van der Waals surface area (Å²) in [6.07, 6.45) is 1.58. The highest BCUT2D eigenvalue weighted by Gasteiger charge is 2.15. The van der Waals surface area contributed by atoms with Crippen molar-refractivity contribution < 1.29 is 23.7 Å². The van der Waals surface area contributed by atoms with Crippen molar-refractivity contribution in [2.24, 2.45) is 0 Å². The van der Waals surface area contributed by atoms with E-state index in [0.717, 1.165) is 11.3 Å². The first-order chi connectivity index (χ1) is 10.1. The molecule has 1 rings (SSSR count). The van der Waals surface area contributed by atoms with Gasteiger partial charge in [0.1, 0.15) is 11.5 Å². The van der Waals surface area contributed by atoms with Crippen LogP contribution >= 0.6 is 0 Å². The van der Waals surface area contributed by atoms with Crippen molar-refractivity contribution in [3.05, 3.63) is 41.7 Å². The monoisotopic (exact) mass is 294 g/mol. The fraction of sp³-hybridized carbons (Fsp3) is 0.438. The summed E-state index contributed by atoms with van der Waals surface area (Å²) in [7, 11) is 4.76. The number of methoxy groups -OCH3 is 3. The van der Waals surface area contributed by atoms with Gasteiger partial charge in [-0.3, -0.25) is 0 Å². The summed E-state index contributed by atoms with van der Waals surface area (Å²) in [6, 6.07) is 7.57. The molecule has 0 heterocycles. The van der Waals surface area contributed by atoms with E-state index in [0.29, 0.717) is 18.8 Å². The number of benzene rings is 1. The SMILES string of the molecule is CCOC(=O)/C=C(\CC(OC)c1ccc(OC)cc1)OC. The van der Waals surface area contributed by atoms with E-state index in [1.54, 1.807) is 21.1 Å². The fourth-order valence-electron chi connectivity index (χ4n) is 1.86. The van der Waals surface area contributed by atoms with E-state index in [9.17, 15) is 4.79 Å². The van der Waals surface area contributed by atoms with Crippen molar-refractivity contribution in [3.8, 4) is 5.75 Å². The number of carbonyl (C=O) groups excluding carboxylic acids is 1. The van der Waals surface area contributed by atoms with Crippen molar-refractivity contribution in [2.45, 2.75) is 19.4 Å². The minimum absolute atomic E-state index is 0.212. The largest absolute Gasteiger partial charge is 0.501 e. The zero-order valence-corrected chi connectivity index (χ0v) is 12.9. The molecule has 5 nitrogen and oxygen atoms in total. The fourth-order valence-corrected chi connectivity index (χ4v) is 1.86. The maximum Gasteiger partial charge on any atom is 0.334 e. The first-order valence-electron chi connectivity index (χ1n) is 6.72. The predicted octanol–water partition coefficient (Wildman–Crippen LogP) is 2.87. The molecular weight excluding hydrogens is 272 g/mol. The maximum atomic E-state index is 11.5. The molecule has 21 heavy (non-hydrogen) atoms. The Labute approximate surface area is 125 Å². The highest BCUT2D eigenvalue weighted by atomic mass is 16.5. The molecule has 1 aromatic carbocycles. The molecule has 0 N–H and O–H groups in total. The minimum atomic E-state index is -0.418. The molecule has 0 fully saturated rings. The van der Waals surface area contributed by atoms with Crippen LogP contribution in [0, 0.1) is 0 Å². The van der Waals surface area contributed by atoms with Crippen LogP contribution in [0.1, 0.15) is 25.0 Å². The Morgan fingerprint density at radius 2 is 1.86 bits per heavy atom. The lowest BCUT2D eigenvalue weighted by Crippen LogP contribution is -2.07. The number of rotatable bonds is 8. The van der Waals surface area contributed by atoms with Crippen molar-refractivity contribution in [2.75, 3.05) is 27.9 Å². The second-order valence-corrected chi connectivity index (χ2v) is 4.27. The number of esters is 1. The summed E-state index contributed by atoms with van der Waals surface area (Å²) in [5.41, 5.74) is 0.977. The van der Waals surface area contributed by atoms with Gasteiger partial charge in [-0.15, -0.1) is 0 Å². The molecule has 0 bridgehead atoms. The van der Waals surface area contributed by atoms with Gasteiger partial charge in [0, 0.05) is 13.5 Å². The second-order valence-electron chi connectivity index (χ2n) is 4.27. The minimum Gasteiger partial charge on any atom is -0.501 e. The summed E-state index contributed by atoms with van der Waals surface area (Å²) in [4.78, 5) is 11.5. The van der Waals surface area contributed by atoms with Crippen LogP contribution in [0.2, 0.25) is 0 Å². The van der Waals surface area contributed by atoms with Gasteiger partial charge in [-0.25, -0.2) is 4.79 Å². The molecule has 0 saturated heterocycles. The molecule has 0 saturated carbocycles. The highest BCUT2D eigenvalue weighted by molar-refractivity contribution is 5.82. The normalized spacial score (nSPS) is 12.7. The molecule has 0 aliphatic heterocycles. The molecule has 0 aliphatic carbocycles. The molecule has 1 atom stereocenters. The van der Waals surface area contributed by atoms with Gasteiger partial charge in [0.2, 0.25) is 0 Å². The quantitative estimate of drug-likeness (QED) is 0.419. The van der Waals surface area contributed by atoms with Crippen molar-refractivity contribution in [1.82, 2.24) is 0 Å². The third-order valence-corrected chi connectivity index (χ3v) is 2.99. The lowest BCUT2D eigenvalue weighted by atomic mass is 10.0. The number of hydrogen-bond acceptors (Lipinski definition) is 5. The molecule has 116 valence electrons. The van der Waals surface area contributed by atoms with Gasteiger partial charge >= 0.3 is 5.97 Å². The van der Waals surface area contributed by atoms with Crippen molar-refractivity contribution in [3.63, 3.8) is 0 Å². The third kappa shape index (κ3) is 5.47. The Balaban J connectivity index is 2.80. The number of hydrogen-bond donors (Lipinski definition) is 0. The summed E-state index contributed by atoms with van der Waals surface area (Å²) in [5.74, 6) is 0.873. The molecule has 0 amide bonds. The summed E-state index contributed by atoms with van der Waals surface area (Å²) >= 11 is 0. The average molecular weight is 294 g/mol. The highest BCUT2D eigenvalue weighted by Crippen LogP contribution is 2.26. The standard InChI is InChI=1S/C16H22O5/c1-5-21-16(17)11-14(19-3)10-15(20-4)12-6-8-13(18-2)9-7-12/h6-9,11,15H,5,10H2,1-4H3/b14-11+. The molecule has 0 aromatic heterocycles. The van der Waals surface area contributed by atoms with Crippen LogP contribution < -0.4 is 4.74 Å². The molecular formula is C16H22O5.